The lowest BCUT2D eigenvalue weighted by Gasteiger charge is -2.44. The van der Waals surface area contributed by atoms with Crippen molar-refractivity contribution in [1.29, 1.82) is 0 Å². The topological polar surface area (TPSA) is 83.9 Å². The van der Waals surface area contributed by atoms with E-state index in [1.807, 2.05) is 36.4 Å². The maximum absolute atomic E-state index is 12.8. The molecule has 1 N–H and O–H groups in total. The molecule has 8 heteroatoms. The average molecular weight is 364 g/mol. The summed E-state index contributed by atoms with van der Waals surface area (Å²) >= 11 is 0. The summed E-state index contributed by atoms with van der Waals surface area (Å²) in [6.07, 6.45) is 4.12. The van der Waals surface area contributed by atoms with Gasteiger partial charge in [0.25, 0.3) is 5.91 Å². The number of imide groups is 1. The number of nitrogens with one attached hydrogen (secondary N) is 1. The Morgan fingerprint density at radius 3 is 2.81 bits per heavy atom. The Morgan fingerprint density at radius 2 is 2.00 bits per heavy atom. The number of rotatable bonds is 2. The third-order valence-electron chi connectivity index (χ3n) is 5.21. The predicted octanol–water partition coefficient (Wildman–Crippen LogP) is 2.42. The zero-order valence-corrected chi connectivity index (χ0v) is 14.2. The molecule has 27 heavy (non-hydrogen) atoms. The SMILES string of the molecule is O=C1N[C@]23CC=CN2C(=O)c2cccn2[C@H]3N1C(=O)OCc1ccccc1. The lowest BCUT2D eigenvalue weighted by atomic mass is 10.0. The average Bonchev–Trinajstić information content (AvgIpc) is 3.37. The predicted molar refractivity (Wildman–Crippen MR) is 93.1 cm³/mol. The van der Waals surface area contributed by atoms with E-state index in [9.17, 15) is 14.4 Å². The van der Waals surface area contributed by atoms with E-state index >= 15 is 0 Å². The molecule has 2 atom stereocenters. The highest BCUT2D eigenvalue weighted by Gasteiger charge is 2.63. The molecule has 0 radical (unpaired) electrons. The molecule has 1 aromatic heterocycles. The van der Waals surface area contributed by atoms with Crippen LogP contribution in [0, 0.1) is 0 Å². The number of benzene rings is 1. The van der Waals surface area contributed by atoms with Gasteiger partial charge < -0.3 is 14.6 Å². The summed E-state index contributed by atoms with van der Waals surface area (Å²) in [6.45, 7) is 0.0581. The summed E-state index contributed by atoms with van der Waals surface area (Å²) in [4.78, 5) is 40.8. The molecule has 1 spiro atoms. The third kappa shape index (κ3) is 2.06. The first-order valence-electron chi connectivity index (χ1n) is 8.61. The van der Waals surface area contributed by atoms with Crippen LogP contribution in [0.25, 0.3) is 0 Å². The van der Waals surface area contributed by atoms with Crippen LogP contribution in [0.2, 0.25) is 0 Å². The first kappa shape index (κ1) is 15.7. The number of amides is 4. The van der Waals surface area contributed by atoms with E-state index in [2.05, 4.69) is 5.32 Å². The maximum Gasteiger partial charge on any atom is 0.420 e. The Balaban J connectivity index is 1.49. The number of ether oxygens (including phenoxy) is 1. The number of aromatic nitrogens is 1. The van der Waals surface area contributed by atoms with Gasteiger partial charge in [0, 0.05) is 18.8 Å². The summed E-state index contributed by atoms with van der Waals surface area (Å²) in [6, 6.07) is 12.1. The van der Waals surface area contributed by atoms with Gasteiger partial charge in [0.1, 0.15) is 12.3 Å². The number of urea groups is 1. The van der Waals surface area contributed by atoms with Crippen molar-refractivity contribution in [3.63, 3.8) is 0 Å². The first-order chi connectivity index (χ1) is 13.1. The molecule has 3 aliphatic heterocycles. The number of hydrogen-bond donors (Lipinski definition) is 1. The van der Waals surface area contributed by atoms with Crippen molar-refractivity contribution in [2.45, 2.75) is 24.9 Å². The Hall–Kier alpha value is -3.55. The molecular formula is C19H16N4O4. The monoisotopic (exact) mass is 364 g/mol. The Labute approximate surface area is 154 Å². The molecule has 4 amide bonds. The van der Waals surface area contributed by atoms with Gasteiger partial charge in [0.2, 0.25) is 0 Å². The van der Waals surface area contributed by atoms with Crippen LogP contribution in [0.4, 0.5) is 9.59 Å². The van der Waals surface area contributed by atoms with Crippen LogP contribution in [0.15, 0.2) is 60.9 Å². The fourth-order valence-corrected chi connectivity index (χ4v) is 4.03. The standard InChI is InChI=1S/C19H16N4O4/c24-15-14-8-4-10-21(14)16-19(9-5-11-22(15)19)20-17(25)23(16)18(26)27-12-13-6-2-1-3-7-13/h1-8,10-11,16H,9,12H2,(H,20,25)/t16-,19+/m0/s1. The molecule has 0 unspecified atom stereocenters. The van der Waals surface area contributed by atoms with Crippen LogP contribution in [0.5, 0.6) is 0 Å². The van der Waals surface area contributed by atoms with Gasteiger partial charge >= 0.3 is 12.1 Å². The van der Waals surface area contributed by atoms with Gasteiger partial charge in [-0.15, -0.1) is 0 Å². The van der Waals surface area contributed by atoms with Crippen molar-refractivity contribution >= 4 is 18.0 Å². The molecule has 3 aliphatic rings. The molecule has 5 rings (SSSR count). The van der Waals surface area contributed by atoms with Crippen LogP contribution >= 0.6 is 0 Å². The van der Waals surface area contributed by atoms with E-state index < -0.39 is 24.0 Å². The lowest BCUT2D eigenvalue weighted by Crippen LogP contribution is -2.61. The summed E-state index contributed by atoms with van der Waals surface area (Å²) in [5.74, 6) is -0.218. The number of carbonyl (C=O) groups excluding carboxylic acids is 3. The van der Waals surface area contributed by atoms with Crippen molar-refractivity contribution < 1.29 is 19.1 Å². The molecule has 1 saturated heterocycles. The fourth-order valence-electron chi connectivity index (χ4n) is 4.03. The summed E-state index contributed by atoms with van der Waals surface area (Å²) in [7, 11) is 0. The smallest absolute Gasteiger partial charge is 0.420 e. The van der Waals surface area contributed by atoms with Gasteiger partial charge in [-0.3, -0.25) is 9.69 Å². The van der Waals surface area contributed by atoms with Crippen LogP contribution in [-0.2, 0) is 11.3 Å². The number of fused-ring (bicyclic) bond motifs is 2. The second-order valence-electron chi connectivity index (χ2n) is 6.70. The third-order valence-corrected chi connectivity index (χ3v) is 5.21. The van der Waals surface area contributed by atoms with Gasteiger partial charge in [0.15, 0.2) is 11.8 Å². The number of nitrogens with zero attached hydrogens (tertiary/aromatic N) is 3. The van der Waals surface area contributed by atoms with E-state index in [-0.39, 0.29) is 12.5 Å². The molecule has 1 fully saturated rings. The van der Waals surface area contributed by atoms with E-state index in [0.29, 0.717) is 12.1 Å². The molecule has 4 heterocycles. The highest BCUT2D eigenvalue weighted by molar-refractivity contribution is 5.99. The summed E-state index contributed by atoms with van der Waals surface area (Å²) in [5, 5.41) is 2.83. The minimum absolute atomic E-state index is 0.0581. The molecule has 0 saturated carbocycles. The van der Waals surface area contributed by atoms with Crippen LogP contribution < -0.4 is 5.32 Å². The molecule has 0 aliphatic carbocycles. The Morgan fingerprint density at radius 1 is 1.19 bits per heavy atom. The molecular weight excluding hydrogens is 348 g/mol. The van der Waals surface area contributed by atoms with Gasteiger partial charge in [-0.25, -0.2) is 14.5 Å². The van der Waals surface area contributed by atoms with Crippen molar-refractivity contribution in [2.75, 3.05) is 0 Å². The second-order valence-corrected chi connectivity index (χ2v) is 6.70. The first-order valence-corrected chi connectivity index (χ1v) is 8.61. The van der Waals surface area contributed by atoms with Gasteiger partial charge in [-0.05, 0) is 17.7 Å². The number of carbonyl (C=O) groups is 3. The minimum atomic E-state index is -1.02. The zero-order chi connectivity index (χ0) is 18.6. The normalized spacial score (nSPS) is 25.1. The lowest BCUT2D eigenvalue weighted by molar-refractivity contribution is 0.0157. The Bertz CT molecular complexity index is 983. The van der Waals surface area contributed by atoms with Crippen molar-refractivity contribution in [2.24, 2.45) is 0 Å². The van der Waals surface area contributed by atoms with E-state index in [4.69, 9.17) is 4.74 Å². The second kappa shape index (κ2) is 5.47. The molecule has 1 aromatic carbocycles. The van der Waals surface area contributed by atoms with Crippen LogP contribution in [0.3, 0.4) is 0 Å². The minimum Gasteiger partial charge on any atom is -0.444 e. The van der Waals surface area contributed by atoms with E-state index in [1.165, 1.54) is 4.90 Å². The van der Waals surface area contributed by atoms with Gasteiger partial charge in [0.05, 0.1) is 0 Å². The van der Waals surface area contributed by atoms with Crippen LogP contribution in [-0.4, -0.2) is 38.1 Å². The molecule has 2 aromatic rings. The highest BCUT2D eigenvalue weighted by Crippen LogP contribution is 2.46. The van der Waals surface area contributed by atoms with Gasteiger partial charge in [-0.1, -0.05) is 36.4 Å². The zero-order valence-electron chi connectivity index (χ0n) is 14.2. The maximum atomic E-state index is 12.8. The molecule has 136 valence electrons. The summed E-state index contributed by atoms with van der Waals surface area (Å²) < 4.78 is 7.04. The van der Waals surface area contributed by atoms with Crippen LogP contribution in [0.1, 0.15) is 28.6 Å². The summed E-state index contributed by atoms with van der Waals surface area (Å²) in [5.41, 5.74) is 0.218. The van der Waals surface area contributed by atoms with Crippen molar-refractivity contribution in [1.82, 2.24) is 19.7 Å². The van der Waals surface area contributed by atoms with Crippen molar-refractivity contribution in [3.8, 4) is 0 Å². The van der Waals surface area contributed by atoms with E-state index in [1.54, 1.807) is 29.1 Å². The fraction of sp³-hybridized carbons (Fsp3) is 0.211. The molecule has 0 bridgehead atoms. The quantitative estimate of drug-likeness (QED) is 0.887. The van der Waals surface area contributed by atoms with E-state index in [0.717, 1.165) is 10.5 Å². The highest BCUT2D eigenvalue weighted by atomic mass is 16.6. The van der Waals surface area contributed by atoms with Gasteiger partial charge in [-0.2, -0.15) is 0 Å². The molecule has 8 nitrogen and oxygen atoms in total. The Kier molecular flexibility index (Phi) is 3.18. The number of hydrogen-bond acceptors (Lipinski definition) is 4. The largest absolute Gasteiger partial charge is 0.444 e. The van der Waals surface area contributed by atoms with Crippen molar-refractivity contribution in [3.05, 3.63) is 72.2 Å².